The summed E-state index contributed by atoms with van der Waals surface area (Å²) in [5.41, 5.74) is 1.22. The van der Waals surface area contributed by atoms with Gasteiger partial charge in [-0.3, -0.25) is 0 Å². The summed E-state index contributed by atoms with van der Waals surface area (Å²) in [6.07, 6.45) is 0.989. The number of benzene rings is 2. The van der Waals surface area contributed by atoms with Gasteiger partial charge >= 0.3 is 0 Å². The van der Waals surface area contributed by atoms with Crippen LogP contribution in [0.2, 0.25) is 0 Å². The van der Waals surface area contributed by atoms with Crippen LogP contribution in [0.1, 0.15) is 18.1 Å². The molecule has 0 spiro atoms. The molecule has 16 heavy (non-hydrogen) atoms. The van der Waals surface area contributed by atoms with E-state index in [9.17, 15) is 0 Å². The normalized spacial score (nSPS) is 25.1. The second-order valence-corrected chi connectivity index (χ2v) is 4.73. The highest BCUT2D eigenvalue weighted by atomic mass is 35.5. The molecule has 1 fully saturated rings. The van der Waals surface area contributed by atoms with E-state index < -0.39 is 0 Å². The molecule has 0 unspecified atom stereocenters. The predicted octanol–water partition coefficient (Wildman–Crippen LogP) is 3.91. The van der Waals surface area contributed by atoms with E-state index in [-0.39, 0.29) is 11.5 Å². The van der Waals surface area contributed by atoms with Crippen molar-refractivity contribution in [2.75, 3.05) is 6.61 Å². The first-order valence-corrected chi connectivity index (χ1v) is 6.03. The average Bonchev–Trinajstić information content (AvgIpc) is 2.75. The fraction of sp³-hybridized carbons (Fsp3) is 0.286. The lowest BCUT2D eigenvalue weighted by Gasteiger charge is -2.15. The fourth-order valence-electron chi connectivity index (χ4n) is 2.35. The minimum Gasteiger partial charge on any atom is -0.372 e. The highest BCUT2D eigenvalue weighted by molar-refractivity contribution is 6.21. The van der Waals surface area contributed by atoms with Gasteiger partial charge in [-0.05, 0) is 22.8 Å². The first kappa shape index (κ1) is 10.1. The summed E-state index contributed by atoms with van der Waals surface area (Å²) in [7, 11) is 0. The van der Waals surface area contributed by atoms with Crippen molar-refractivity contribution in [2.45, 2.75) is 17.9 Å². The summed E-state index contributed by atoms with van der Waals surface area (Å²) >= 11 is 6.29. The smallest absolute Gasteiger partial charge is 0.0995 e. The summed E-state index contributed by atoms with van der Waals surface area (Å²) in [5, 5.41) is 2.60. The first-order valence-electron chi connectivity index (χ1n) is 5.59. The predicted molar refractivity (Wildman–Crippen MR) is 66.9 cm³/mol. The van der Waals surface area contributed by atoms with Gasteiger partial charge in [0, 0.05) is 6.61 Å². The third-order valence-electron chi connectivity index (χ3n) is 3.15. The highest BCUT2D eigenvalue weighted by Gasteiger charge is 2.28. The largest absolute Gasteiger partial charge is 0.372 e. The monoisotopic (exact) mass is 232 g/mol. The molecule has 1 saturated heterocycles. The van der Waals surface area contributed by atoms with Gasteiger partial charge in [-0.25, -0.2) is 0 Å². The molecule has 0 bridgehead atoms. The molecule has 1 nitrogen and oxygen atoms in total. The van der Waals surface area contributed by atoms with E-state index >= 15 is 0 Å². The molecule has 1 heterocycles. The standard InChI is InChI=1S/C14H13ClO/c15-13-8-9-16-14(13)12-7-3-5-10-4-1-2-6-11(10)12/h1-7,13-14H,8-9H2/t13-,14+/m0/s1. The molecule has 1 aliphatic rings. The van der Waals surface area contributed by atoms with Gasteiger partial charge in [-0.15, -0.1) is 11.6 Å². The van der Waals surface area contributed by atoms with Crippen LogP contribution in [0.25, 0.3) is 10.8 Å². The Morgan fingerprint density at radius 2 is 1.88 bits per heavy atom. The van der Waals surface area contributed by atoms with E-state index in [1.54, 1.807) is 0 Å². The van der Waals surface area contributed by atoms with Crippen LogP contribution in [0.4, 0.5) is 0 Å². The van der Waals surface area contributed by atoms with Crippen LogP contribution in [-0.4, -0.2) is 12.0 Å². The Hall–Kier alpha value is -1.05. The van der Waals surface area contributed by atoms with Crippen LogP contribution in [0, 0.1) is 0 Å². The van der Waals surface area contributed by atoms with E-state index in [0.717, 1.165) is 13.0 Å². The summed E-state index contributed by atoms with van der Waals surface area (Å²) in [6, 6.07) is 14.7. The molecule has 2 heteroatoms. The van der Waals surface area contributed by atoms with Crippen LogP contribution in [0.5, 0.6) is 0 Å². The zero-order valence-electron chi connectivity index (χ0n) is 8.90. The molecular formula is C14H13ClO. The van der Waals surface area contributed by atoms with Crippen LogP contribution in [0.3, 0.4) is 0 Å². The molecule has 2 aromatic rings. The van der Waals surface area contributed by atoms with Crippen molar-refractivity contribution in [3.63, 3.8) is 0 Å². The minimum atomic E-state index is 0.0489. The Bertz CT molecular complexity index is 504. The van der Waals surface area contributed by atoms with Crippen molar-refractivity contribution >= 4 is 22.4 Å². The topological polar surface area (TPSA) is 9.23 Å². The molecule has 0 N–H and O–H groups in total. The van der Waals surface area contributed by atoms with Crippen LogP contribution in [0.15, 0.2) is 42.5 Å². The Morgan fingerprint density at radius 3 is 2.69 bits per heavy atom. The molecule has 82 valence electrons. The van der Waals surface area contributed by atoms with E-state index in [1.807, 2.05) is 0 Å². The maximum Gasteiger partial charge on any atom is 0.0995 e. The Balaban J connectivity index is 2.16. The van der Waals surface area contributed by atoms with Crippen molar-refractivity contribution in [3.05, 3.63) is 48.0 Å². The van der Waals surface area contributed by atoms with Crippen molar-refractivity contribution in [1.29, 1.82) is 0 Å². The maximum absolute atomic E-state index is 6.29. The molecule has 2 aromatic carbocycles. The third kappa shape index (κ3) is 1.60. The molecule has 2 atom stereocenters. The lowest BCUT2D eigenvalue weighted by Crippen LogP contribution is -2.06. The van der Waals surface area contributed by atoms with Gasteiger partial charge in [-0.1, -0.05) is 42.5 Å². The third-order valence-corrected chi connectivity index (χ3v) is 3.60. The first-order chi connectivity index (χ1) is 7.86. The fourth-order valence-corrected chi connectivity index (χ4v) is 2.64. The van der Waals surface area contributed by atoms with E-state index in [1.165, 1.54) is 16.3 Å². The van der Waals surface area contributed by atoms with Gasteiger partial charge in [-0.2, -0.15) is 0 Å². The Kier molecular flexibility index (Phi) is 2.58. The van der Waals surface area contributed by atoms with Crippen LogP contribution < -0.4 is 0 Å². The second-order valence-electron chi connectivity index (χ2n) is 4.16. The molecule has 0 aromatic heterocycles. The van der Waals surface area contributed by atoms with Gasteiger partial charge in [0.1, 0.15) is 0 Å². The lowest BCUT2D eigenvalue weighted by atomic mass is 9.99. The van der Waals surface area contributed by atoms with Gasteiger partial charge < -0.3 is 4.74 Å². The van der Waals surface area contributed by atoms with Gasteiger partial charge in [0.15, 0.2) is 0 Å². The summed E-state index contributed by atoms with van der Waals surface area (Å²) < 4.78 is 5.73. The SMILES string of the molecule is Cl[C@H]1CCO[C@@H]1c1cccc2ccccc12. The Morgan fingerprint density at radius 1 is 1.06 bits per heavy atom. The number of fused-ring (bicyclic) bond motifs is 1. The zero-order valence-corrected chi connectivity index (χ0v) is 9.65. The van der Waals surface area contributed by atoms with E-state index in [4.69, 9.17) is 16.3 Å². The molecule has 1 aliphatic heterocycles. The molecule has 0 aliphatic carbocycles. The van der Waals surface area contributed by atoms with Gasteiger partial charge in [0.05, 0.1) is 11.5 Å². The van der Waals surface area contributed by atoms with Crippen molar-refractivity contribution in [3.8, 4) is 0 Å². The van der Waals surface area contributed by atoms with Crippen LogP contribution >= 0.6 is 11.6 Å². The minimum absolute atomic E-state index is 0.0489. The molecule has 3 rings (SSSR count). The van der Waals surface area contributed by atoms with Gasteiger partial charge in [0.2, 0.25) is 0 Å². The van der Waals surface area contributed by atoms with Crippen LogP contribution in [-0.2, 0) is 4.74 Å². The van der Waals surface area contributed by atoms with Gasteiger partial charge in [0.25, 0.3) is 0 Å². The number of halogens is 1. The lowest BCUT2D eigenvalue weighted by molar-refractivity contribution is 0.114. The number of rotatable bonds is 1. The number of alkyl halides is 1. The highest BCUT2D eigenvalue weighted by Crippen LogP contribution is 2.36. The number of hydrogen-bond donors (Lipinski definition) is 0. The summed E-state index contributed by atoms with van der Waals surface area (Å²) in [4.78, 5) is 0. The maximum atomic E-state index is 6.29. The summed E-state index contributed by atoms with van der Waals surface area (Å²) in [5.74, 6) is 0. The van der Waals surface area contributed by atoms with Crippen molar-refractivity contribution in [1.82, 2.24) is 0 Å². The number of hydrogen-bond acceptors (Lipinski definition) is 1. The Labute approximate surface area is 100.0 Å². The molecular weight excluding hydrogens is 220 g/mol. The van der Waals surface area contributed by atoms with Crippen molar-refractivity contribution < 1.29 is 4.74 Å². The number of ether oxygens (including phenoxy) is 1. The molecule has 0 amide bonds. The van der Waals surface area contributed by atoms with E-state index in [0.29, 0.717) is 0 Å². The van der Waals surface area contributed by atoms with Crippen molar-refractivity contribution in [2.24, 2.45) is 0 Å². The summed E-state index contributed by atoms with van der Waals surface area (Å²) in [6.45, 7) is 0.766. The quantitative estimate of drug-likeness (QED) is 0.678. The molecule has 0 radical (unpaired) electrons. The zero-order chi connectivity index (χ0) is 11.0. The van der Waals surface area contributed by atoms with E-state index in [2.05, 4.69) is 42.5 Å². The second kappa shape index (κ2) is 4.08. The molecule has 0 saturated carbocycles. The average molecular weight is 233 g/mol.